The lowest BCUT2D eigenvalue weighted by Crippen LogP contribution is -2.05. The Hall–Kier alpha value is -1.97. The molecule has 0 bridgehead atoms. The van der Waals surface area contributed by atoms with Crippen LogP contribution in [-0.4, -0.2) is 11.1 Å². The second-order valence-corrected chi connectivity index (χ2v) is 4.37. The minimum atomic E-state index is 0.169. The molecular weight excluding hydrogens is 228 g/mol. The summed E-state index contributed by atoms with van der Waals surface area (Å²) in [5.74, 6) is 1.59. The molecular formula is C14H18N2O2. The fourth-order valence-corrected chi connectivity index (χ4v) is 1.79. The number of hydrogen-bond donors (Lipinski definition) is 1. The number of aromatic nitrogens is 1. The molecule has 0 atom stereocenters. The molecule has 0 saturated carbocycles. The molecule has 0 unspecified atom stereocenters. The fourth-order valence-electron chi connectivity index (χ4n) is 1.79. The zero-order chi connectivity index (χ0) is 13.1. The van der Waals surface area contributed by atoms with Crippen molar-refractivity contribution in [3.8, 4) is 17.1 Å². The first-order valence-corrected chi connectivity index (χ1v) is 6.12. The summed E-state index contributed by atoms with van der Waals surface area (Å²) in [6.07, 6.45) is 0.961. The monoisotopic (exact) mass is 246 g/mol. The van der Waals surface area contributed by atoms with Gasteiger partial charge in [0.25, 0.3) is 6.01 Å². The second kappa shape index (κ2) is 5.12. The normalized spacial score (nSPS) is 10.9. The third-order valence-electron chi connectivity index (χ3n) is 2.54. The molecule has 18 heavy (non-hydrogen) atoms. The number of nitrogens with two attached hydrogens (primary N) is 1. The fraction of sp³-hybridized carbons (Fsp3) is 0.357. The van der Waals surface area contributed by atoms with E-state index in [-0.39, 0.29) is 12.1 Å². The first kappa shape index (κ1) is 12.5. The van der Waals surface area contributed by atoms with Gasteiger partial charge in [-0.25, -0.2) is 0 Å². The minimum Gasteiger partial charge on any atom is -0.491 e. The third kappa shape index (κ3) is 2.64. The summed E-state index contributed by atoms with van der Waals surface area (Å²) in [5.41, 5.74) is 7.43. The summed E-state index contributed by atoms with van der Waals surface area (Å²) in [4.78, 5) is 4.16. The number of rotatable bonds is 4. The van der Waals surface area contributed by atoms with E-state index in [1.807, 2.05) is 45.0 Å². The highest BCUT2D eigenvalue weighted by atomic mass is 16.5. The van der Waals surface area contributed by atoms with Gasteiger partial charge in [-0.1, -0.05) is 6.92 Å². The summed E-state index contributed by atoms with van der Waals surface area (Å²) >= 11 is 0. The van der Waals surface area contributed by atoms with E-state index < -0.39 is 0 Å². The van der Waals surface area contributed by atoms with Crippen molar-refractivity contribution in [3.63, 3.8) is 0 Å². The lowest BCUT2D eigenvalue weighted by atomic mass is 10.1. The van der Waals surface area contributed by atoms with Gasteiger partial charge in [0, 0.05) is 5.56 Å². The van der Waals surface area contributed by atoms with Gasteiger partial charge in [-0.2, -0.15) is 4.98 Å². The molecule has 2 aromatic rings. The van der Waals surface area contributed by atoms with Crippen LogP contribution in [0.5, 0.6) is 5.75 Å². The summed E-state index contributed by atoms with van der Waals surface area (Å²) in [7, 11) is 0. The number of aryl methyl sites for hydroxylation is 1. The highest BCUT2D eigenvalue weighted by Gasteiger charge is 2.12. The number of anilines is 1. The molecule has 0 radical (unpaired) electrons. The van der Waals surface area contributed by atoms with Crippen LogP contribution in [0.25, 0.3) is 11.3 Å². The van der Waals surface area contributed by atoms with E-state index in [9.17, 15) is 0 Å². The Morgan fingerprint density at radius 3 is 2.50 bits per heavy atom. The number of hydrogen-bond acceptors (Lipinski definition) is 4. The number of nitrogen functional groups attached to an aromatic ring is 1. The Balaban J connectivity index is 2.28. The Morgan fingerprint density at radius 2 is 1.94 bits per heavy atom. The van der Waals surface area contributed by atoms with Crippen molar-refractivity contribution in [2.24, 2.45) is 0 Å². The van der Waals surface area contributed by atoms with Gasteiger partial charge in [0.05, 0.1) is 11.8 Å². The van der Waals surface area contributed by atoms with Gasteiger partial charge < -0.3 is 14.9 Å². The van der Waals surface area contributed by atoms with Crippen LogP contribution < -0.4 is 10.5 Å². The summed E-state index contributed by atoms with van der Waals surface area (Å²) in [5, 5.41) is 0. The predicted octanol–water partition coefficient (Wildman–Crippen LogP) is 3.27. The number of oxazole rings is 1. The summed E-state index contributed by atoms with van der Waals surface area (Å²) < 4.78 is 11.0. The molecule has 2 N–H and O–H groups in total. The smallest absolute Gasteiger partial charge is 0.292 e. The Morgan fingerprint density at radius 1 is 1.28 bits per heavy atom. The second-order valence-electron chi connectivity index (χ2n) is 4.37. The largest absolute Gasteiger partial charge is 0.491 e. The Bertz CT molecular complexity index is 515. The molecule has 0 aliphatic heterocycles. The molecule has 1 aromatic carbocycles. The van der Waals surface area contributed by atoms with Crippen molar-refractivity contribution >= 4 is 6.01 Å². The maximum Gasteiger partial charge on any atom is 0.292 e. The molecule has 2 rings (SSSR count). The summed E-state index contributed by atoms with van der Waals surface area (Å²) in [6, 6.07) is 7.97. The van der Waals surface area contributed by atoms with Crippen molar-refractivity contribution in [3.05, 3.63) is 30.0 Å². The number of ether oxygens (including phenoxy) is 1. The molecule has 0 aliphatic rings. The van der Waals surface area contributed by atoms with Gasteiger partial charge in [0.2, 0.25) is 0 Å². The van der Waals surface area contributed by atoms with Crippen LogP contribution >= 0.6 is 0 Å². The van der Waals surface area contributed by atoms with E-state index in [0.717, 1.165) is 29.2 Å². The quantitative estimate of drug-likeness (QED) is 0.899. The van der Waals surface area contributed by atoms with Crippen molar-refractivity contribution in [1.82, 2.24) is 4.98 Å². The average Bonchev–Trinajstić information content (AvgIpc) is 2.71. The zero-order valence-electron chi connectivity index (χ0n) is 10.9. The van der Waals surface area contributed by atoms with Crippen LogP contribution in [0.2, 0.25) is 0 Å². The molecule has 96 valence electrons. The van der Waals surface area contributed by atoms with E-state index in [2.05, 4.69) is 4.98 Å². The first-order chi connectivity index (χ1) is 8.60. The topological polar surface area (TPSA) is 61.3 Å². The van der Waals surface area contributed by atoms with Crippen LogP contribution in [0.1, 0.15) is 26.5 Å². The Labute approximate surface area is 107 Å². The van der Waals surface area contributed by atoms with E-state index in [0.29, 0.717) is 0 Å². The number of benzene rings is 1. The van der Waals surface area contributed by atoms with Crippen LogP contribution in [-0.2, 0) is 6.42 Å². The SMILES string of the molecule is CCc1nc(N)oc1-c1ccc(OC(C)C)cc1. The van der Waals surface area contributed by atoms with Crippen molar-refractivity contribution in [1.29, 1.82) is 0 Å². The maximum atomic E-state index is 5.60. The lowest BCUT2D eigenvalue weighted by Gasteiger charge is -2.09. The van der Waals surface area contributed by atoms with Crippen molar-refractivity contribution in [2.75, 3.05) is 5.73 Å². The van der Waals surface area contributed by atoms with Crippen molar-refractivity contribution < 1.29 is 9.15 Å². The molecule has 0 fully saturated rings. The van der Waals surface area contributed by atoms with Crippen LogP contribution in [0, 0.1) is 0 Å². The van der Waals surface area contributed by atoms with Gasteiger partial charge in [-0.3, -0.25) is 0 Å². The summed E-state index contributed by atoms with van der Waals surface area (Å²) in [6.45, 7) is 6.03. The highest BCUT2D eigenvalue weighted by molar-refractivity contribution is 5.62. The van der Waals surface area contributed by atoms with Crippen LogP contribution in [0.15, 0.2) is 28.7 Å². The third-order valence-corrected chi connectivity index (χ3v) is 2.54. The van der Waals surface area contributed by atoms with Crippen molar-refractivity contribution in [2.45, 2.75) is 33.3 Å². The van der Waals surface area contributed by atoms with Crippen LogP contribution in [0.3, 0.4) is 0 Å². The van der Waals surface area contributed by atoms with Gasteiger partial charge >= 0.3 is 0 Å². The molecule has 4 nitrogen and oxygen atoms in total. The minimum absolute atomic E-state index is 0.169. The molecule has 0 spiro atoms. The number of nitrogens with zero attached hydrogens (tertiary/aromatic N) is 1. The van der Waals surface area contributed by atoms with E-state index in [1.165, 1.54) is 0 Å². The Kier molecular flexibility index (Phi) is 3.55. The van der Waals surface area contributed by atoms with Gasteiger partial charge in [-0.15, -0.1) is 0 Å². The van der Waals surface area contributed by atoms with Gasteiger partial charge in [-0.05, 0) is 44.5 Å². The zero-order valence-corrected chi connectivity index (χ0v) is 10.9. The molecule has 0 amide bonds. The molecule has 4 heteroatoms. The van der Waals surface area contributed by atoms with Gasteiger partial charge in [0.1, 0.15) is 5.75 Å². The molecule has 0 aliphatic carbocycles. The molecule has 1 aromatic heterocycles. The first-order valence-electron chi connectivity index (χ1n) is 6.12. The van der Waals surface area contributed by atoms with Gasteiger partial charge in [0.15, 0.2) is 5.76 Å². The predicted molar refractivity (Wildman–Crippen MR) is 71.5 cm³/mol. The highest BCUT2D eigenvalue weighted by Crippen LogP contribution is 2.28. The maximum absolute atomic E-state index is 5.60. The van der Waals surface area contributed by atoms with Crippen LogP contribution in [0.4, 0.5) is 6.01 Å². The van der Waals surface area contributed by atoms with E-state index in [4.69, 9.17) is 14.9 Å². The lowest BCUT2D eigenvalue weighted by molar-refractivity contribution is 0.242. The molecule has 1 heterocycles. The molecule has 0 saturated heterocycles. The van der Waals surface area contributed by atoms with E-state index >= 15 is 0 Å². The average molecular weight is 246 g/mol. The standard InChI is InChI=1S/C14H18N2O2/c1-4-12-13(18-14(15)16-12)10-5-7-11(8-6-10)17-9(2)3/h5-9H,4H2,1-3H3,(H2,15,16). The van der Waals surface area contributed by atoms with E-state index in [1.54, 1.807) is 0 Å².